The molecule has 0 aromatic heterocycles. The molecule has 6 heteroatoms. The number of anilines is 1. The van der Waals surface area contributed by atoms with Gasteiger partial charge < -0.3 is 15.4 Å². The van der Waals surface area contributed by atoms with Gasteiger partial charge in [0.25, 0.3) is 0 Å². The fraction of sp³-hybridized carbons (Fsp3) is 0.300. The molecule has 88 valence electrons. The molecule has 0 saturated carbocycles. The van der Waals surface area contributed by atoms with Gasteiger partial charge in [0.1, 0.15) is 6.73 Å². The highest BCUT2D eigenvalue weighted by Gasteiger charge is 2.05. The van der Waals surface area contributed by atoms with E-state index >= 15 is 0 Å². The highest BCUT2D eigenvalue weighted by molar-refractivity contribution is 6.36. The van der Waals surface area contributed by atoms with Crippen LogP contribution in [0.5, 0.6) is 0 Å². The lowest BCUT2D eigenvalue weighted by Crippen LogP contribution is -2.30. The quantitative estimate of drug-likeness (QED) is 0.647. The van der Waals surface area contributed by atoms with E-state index in [1.165, 1.54) is 0 Å². The van der Waals surface area contributed by atoms with Crippen molar-refractivity contribution in [2.75, 3.05) is 18.7 Å². The number of nitrogens with one attached hydrogen (secondary N) is 2. The molecule has 1 aromatic rings. The Kier molecular flexibility index (Phi) is 5.38. The van der Waals surface area contributed by atoms with Gasteiger partial charge >= 0.3 is 6.03 Å². The van der Waals surface area contributed by atoms with E-state index in [9.17, 15) is 4.79 Å². The predicted molar refractivity (Wildman–Crippen MR) is 65.1 cm³/mol. The Morgan fingerprint density at radius 3 is 2.81 bits per heavy atom. The standard InChI is InChI=1S/C10H12Cl2N2O2/c1-2-16-6-13-10(15)14-9-4-3-7(11)5-8(9)12/h3-5H,2,6H2,1H3,(H2,13,14,15). The molecule has 0 saturated heterocycles. The van der Waals surface area contributed by atoms with Gasteiger partial charge in [0.2, 0.25) is 0 Å². The first-order valence-electron chi connectivity index (χ1n) is 4.71. The minimum atomic E-state index is -0.377. The van der Waals surface area contributed by atoms with Crippen molar-refractivity contribution in [3.05, 3.63) is 28.2 Å². The van der Waals surface area contributed by atoms with Crippen molar-refractivity contribution in [1.29, 1.82) is 0 Å². The summed E-state index contributed by atoms with van der Waals surface area (Å²) in [7, 11) is 0. The highest BCUT2D eigenvalue weighted by atomic mass is 35.5. The molecule has 4 nitrogen and oxygen atoms in total. The zero-order valence-electron chi connectivity index (χ0n) is 8.72. The second-order valence-corrected chi connectivity index (χ2v) is 3.74. The molecule has 0 aliphatic rings. The van der Waals surface area contributed by atoms with Crippen molar-refractivity contribution < 1.29 is 9.53 Å². The van der Waals surface area contributed by atoms with E-state index in [2.05, 4.69) is 10.6 Å². The number of carbonyl (C=O) groups excluding carboxylic acids is 1. The highest BCUT2D eigenvalue weighted by Crippen LogP contribution is 2.25. The topological polar surface area (TPSA) is 50.4 Å². The van der Waals surface area contributed by atoms with Crippen LogP contribution in [0.3, 0.4) is 0 Å². The number of urea groups is 1. The Morgan fingerprint density at radius 1 is 1.44 bits per heavy atom. The number of hydrogen-bond donors (Lipinski definition) is 2. The smallest absolute Gasteiger partial charge is 0.321 e. The first-order valence-corrected chi connectivity index (χ1v) is 5.46. The van der Waals surface area contributed by atoms with Gasteiger partial charge in [0.15, 0.2) is 0 Å². The van der Waals surface area contributed by atoms with Crippen molar-refractivity contribution in [3.8, 4) is 0 Å². The lowest BCUT2D eigenvalue weighted by Gasteiger charge is -2.08. The van der Waals surface area contributed by atoms with Crippen molar-refractivity contribution in [2.45, 2.75) is 6.92 Å². The maximum atomic E-state index is 11.3. The Bertz CT molecular complexity index is 372. The van der Waals surface area contributed by atoms with E-state index in [-0.39, 0.29) is 12.8 Å². The lowest BCUT2D eigenvalue weighted by molar-refractivity contribution is 0.134. The van der Waals surface area contributed by atoms with Crippen molar-refractivity contribution in [1.82, 2.24) is 5.32 Å². The van der Waals surface area contributed by atoms with Crippen LogP contribution in [0.2, 0.25) is 10.0 Å². The number of rotatable bonds is 4. The monoisotopic (exact) mass is 262 g/mol. The average Bonchev–Trinajstić information content (AvgIpc) is 2.23. The van der Waals surface area contributed by atoms with Crippen LogP contribution in [-0.2, 0) is 4.74 Å². The largest absolute Gasteiger partial charge is 0.361 e. The molecule has 0 fully saturated rings. The molecule has 0 atom stereocenters. The molecule has 2 amide bonds. The number of carbonyl (C=O) groups is 1. The van der Waals surface area contributed by atoms with Crippen molar-refractivity contribution >= 4 is 34.9 Å². The van der Waals surface area contributed by atoms with Gasteiger partial charge in [-0.3, -0.25) is 0 Å². The summed E-state index contributed by atoms with van der Waals surface area (Å²) in [6, 6.07) is 4.45. The van der Waals surface area contributed by atoms with Crippen LogP contribution in [-0.4, -0.2) is 19.4 Å². The van der Waals surface area contributed by atoms with Gasteiger partial charge in [-0.25, -0.2) is 4.79 Å². The lowest BCUT2D eigenvalue weighted by atomic mass is 10.3. The van der Waals surface area contributed by atoms with Gasteiger partial charge in [0, 0.05) is 11.6 Å². The van der Waals surface area contributed by atoms with Crippen LogP contribution < -0.4 is 10.6 Å². The molecule has 0 bridgehead atoms. The van der Waals surface area contributed by atoms with Gasteiger partial charge in [0.05, 0.1) is 10.7 Å². The molecule has 0 aliphatic carbocycles. The van der Waals surface area contributed by atoms with Gasteiger partial charge in [-0.05, 0) is 25.1 Å². The van der Waals surface area contributed by atoms with Crippen LogP contribution in [0.25, 0.3) is 0 Å². The van der Waals surface area contributed by atoms with E-state index in [1.54, 1.807) is 18.2 Å². The summed E-state index contributed by atoms with van der Waals surface area (Å²) in [4.78, 5) is 11.3. The summed E-state index contributed by atoms with van der Waals surface area (Å²) in [5.41, 5.74) is 0.500. The second kappa shape index (κ2) is 6.58. The zero-order valence-corrected chi connectivity index (χ0v) is 10.2. The number of benzene rings is 1. The third-order valence-electron chi connectivity index (χ3n) is 1.72. The first-order chi connectivity index (χ1) is 7.63. The summed E-state index contributed by atoms with van der Waals surface area (Å²) in [6.07, 6.45) is 0. The predicted octanol–water partition coefficient (Wildman–Crippen LogP) is 3.11. The molecule has 16 heavy (non-hydrogen) atoms. The minimum absolute atomic E-state index is 0.160. The SMILES string of the molecule is CCOCNC(=O)Nc1ccc(Cl)cc1Cl. The summed E-state index contributed by atoms with van der Waals surface area (Å²) in [6.45, 7) is 2.55. The molecular weight excluding hydrogens is 251 g/mol. The molecule has 0 heterocycles. The molecular formula is C10H12Cl2N2O2. The number of halogens is 2. The van der Waals surface area contributed by atoms with Crippen LogP contribution in [0.1, 0.15) is 6.92 Å². The third kappa shape index (κ3) is 4.26. The molecule has 0 spiro atoms. The maximum Gasteiger partial charge on any atom is 0.321 e. The molecule has 0 unspecified atom stereocenters. The summed E-state index contributed by atoms with van der Waals surface area (Å²) < 4.78 is 4.97. The summed E-state index contributed by atoms with van der Waals surface area (Å²) >= 11 is 11.6. The number of ether oxygens (including phenoxy) is 1. The Balaban J connectivity index is 2.49. The van der Waals surface area contributed by atoms with Crippen LogP contribution in [0.4, 0.5) is 10.5 Å². The molecule has 1 rings (SSSR count). The van der Waals surface area contributed by atoms with Crippen LogP contribution in [0.15, 0.2) is 18.2 Å². The normalized spacial score (nSPS) is 9.94. The molecule has 2 N–H and O–H groups in total. The van der Waals surface area contributed by atoms with Crippen molar-refractivity contribution in [3.63, 3.8) is 0 Å². The maximum absolute atomic E-state index is 11.3. The molecule has 0 radical (unpaired) electrons. The molecule has 0 aliphatic heterocycles. The van der Waals surface area contributed by atoms with E-state index in [0.29, 0.717) is 22.3 Å². The second-order valence-electron chi connectivity index (χ2n) is 2.89. The fourth-order valence-corrected chi connectivity index (χ4v) is 1.43. The van der Waals surface area contributed by atoms with Gasteiger partial charge in [-0.2, -0.15) is 0 Å². The zero-order chi connectivity index (χ0) is 12.0. The number of hydrogen-bond acceptors (Lipinski definition) is 2. The summed E-state index contributed by atoms with van der Waals surface area (Å²) in [5.74, 6) is 0. The van der Waals surface area contributed by atoms with E-state index in [0.717, 1.165) is 0 Å². The van der Waals surface area contributed by atoms with Gasteiger partial charge in [-0.15, -0.1) is 0 Å². The van der Waals surface area contributed by atoms with E-state index in [4.69, 9.17) is 27.9 Å². The third-order valence-corrected chi connectivity index (χ3v) is 2.27. The molecule has 1 aromatic carbocycles. The Hall–Kier alpha value is -0.970. The van der Waals surface area contributed by atoms with E-state index in [1.807, 2.05) is 6.92 Å². The Morgan fingerprint density at radius 2 is 2.19 bits per heavy atom. The number of amides is 2. The minimum Gasteiger partial charge on any atom is -0.361 e. The summed E-state index contributed by atoms with van der Waals surface area (Å²) in [5, 5.41) is 5.99. The van der Waals surface area contributed by atoms with Crippen LogP contribution >= 0.6 is 23.2 Å². The van der Waals surface area contributed by atoms with Crippen LogP contribution in [0, 0.1) is 0 Å². The van der Waals surface area contributed by atoms with E-state index < -0.39 is 0 Å². The Labute approximate surface area is 104 Å². The fourth-order valence-electron chi connectivity index (χ4n) is 0.976. The average molecular weight is 263 g/mol. The first kappa shape index (κ1) is 13.1. The van der Waals surface area contributed by atoms with Gasteiger partial charge in [-0.1, -0.05) is 23.2 Å². The van der Waals surface area contributed by atoms with Crippen molar-refractivity contribution in [2.24, 2.45) is 0 Å².